The first-order valence-corrected chi connectivity index (χ1v) is 7.41. The molecule has 102 valence electrons. The van der Waals surface area contributed by atoms with E-state index >= 15 is 0 Å². The van der Waals surface area contributed by atoms with E-state index in [1.165, 1.54) is 6.07 Å². The van der Waals surface area contributed by atoms with Crippen molar-refractivity contribution >= 4 is 11.8 Å². The highest BCUT2D eigenvalue weighted by Gasteiger charge is 2.14. The molecule has 0 unspecified atom stereocenters. The molecular weight excluding hydrogens is 263 g/mol. The molecule has 2 nitrogen and oxygen atoms in total. The lowest BCUT2D eigenvalue weighted by atomic mass is 10.1. The van der Waals surface area contributed by atoms with Gasteiger partial charge in [0.05, 0.1) is 0 Å². The summed E-state index contributed by atoms with van der Waals surface area (Å²) in [5, 5.41) is 9.26. The first-order chi connectivity index (χ1) is 9.28. The van der Waals surface area contributed by atoms with Gasteiger partial charge in [0.25, 0.3) is 0 Å². The van der Waals surface area contributed by atoms with E-state index in [4.69, 9.17) is 9.84 Å². The summed E-state index contributed by atoms with van der Waals surface area (Å²) in [6, 6.07) is 4.83. The minimum atomic E-state index is -0.271. The van der Waals surface area contributed by atoms with Crippen molar-refractivity contribution < 1.29 is 14.2 Å². The smallest absolute Gasteiger partial charge is 0.124 e. The molecule has 1 aliphatic heterocycles. The fourth-order valence-corrected chi connectivity index (χ4v) is 3.12. The van der Waals surface area contributed by atoms with Crippen molar-refractivity contribution in [2.24, 2.45) is 0 Å². The molecule has 1 N–H and O–H groups in total. The van der Waals surface area contributed by atoms with Crippen LogP contribution in [0.1, 0.15) is 24.0 Å². The Morgan fingerprint density at radius 1 is 1.32 bits per heavy atom. The maximum Gasteiger partial charge on any atom is 0.124 e. The quantitative estimate of drug-likeness (QED) is 0.863. The minimum Gasteiger partial charge on any atom is -0.384 e. The van der Waals surface area contributed by atoms with Gasteiger partial charge in [0, 0.05) is 29.8 Å². The molecule has 0 bridgehead atoms. The van der Waals surface area contributed by atoms with Crippen molar-refractivity contribution in [3.8, 4) is 11.8 Å². The van der Waals surface area contributed by atoms with Crippen molar-refractivity contribution in [3.63, 3.8) is 0 Å². The molecule has 1 saturated heterocycles. The second-order valence-corrected chi connectivity index (χ2v) is 5.72. The van der Waals surface area contributed by atoms with Gasteiger partial charge in [0.1, 0.15) is 12.4 Å². The van der Waals surface area contributed by atoms with Crippen LogP contribution in [0.4, 0.5) is 4.39 Å². The molecule has 0 aromatic heterocycles. The van der Waals surface area contributed by atoms with Gasteiger partial charge in [-0.05, 0) is 36.6 Å². The first kappa shape index (κ1) is 14.4. The Hall–Kier alpha value is -1.02. The molecule has 0 atom stereocenters. The van der Waals surface area contributed by atoms with Crippen LogP contribution in [0.2, 0.25) is 0 Å². The molecule has 4 heteroatoms. The van der Waals surface area contributed by atoms with Gasteiger partial charge in [0.2, 0.25) is 0 Å². The molecule has 0 saturated carbocycles. The van der Waals surface area contributed by atoms with Gasteiger partial charge in [-0.3, -0.25) is 0 Å². The predicted molar refractivity (Wildman–Crippen MR) is 75.5 cm³/mol. The van der Waals surface area contributed by atoms with Crippen LogP contribution in [0.5, 0.6) is 0 Å². The number of hydrogen-bond acceptors (Lipinski definition) is 3. The van der Waals surface area contributed by atoms with Crippen LogP contribution in [-0.4, -0.2) is 30.2 Å². The molecule has 0 spiro atoms. The number of aliphatic hydroxyl groups is 1. The Morgan fingerprint density at radius 3 is 2.84 bits per heavy atom. The Balaban J connectivity index is 1.97. The zero-order valence-corrected chi connectivity index (χ0v) is 11.5. The molecule has 1 aromatic carbocycles. The van der Waals surface area contributed by atoms with E-state index < -0.39 is 0 Å². The average molecular weight is 280 g/mol. The SMILES string of the molecule is OCC#Cc1cc(F)cc(CSC2CCOCC2)c1. The largest absolute Gasteiger partial charge is 0.384 e. The van der Waals surface area contributed by atoms with Crippen LogP contribution in [-0.2, 0) is 10.5 Å². The molecule has 0 radical (unpaired) electrons. The Kier molecular flexibility index (Phi) is 5.71. The van der Waals surface area contributed by atoms with E-state index in [-0.39, 0.29) is 12.4 Å². The zero-order chi connectivity index (χ0) is 13.5. The van der Waals surface area contributed by atoms with Crippen molar-refractivity contribution in [1.29, 1.82) is 0 Å². The van der Waals surface area contributed by atoms with E-state index in [1.807, 2.05) is 17.8 Å². The molecule has 1 aliphatic rings. The molecular formula is C15H17FO2S. The summed E-state index contributed by atoms with van der Waals surface area (Å²) < 4.78 is 18.8. The van der Waals surface area contributed by atoms with Crippen molar-refractivity contribution in [3.05, 3.63) is 35.1 Å². The summed E-state index contributed by atoms with van der Waals surface area (Å²) in [5.41, 5.74) is 1.57. The third kappa shape index (κ3) is 4.87. The fraction of sp³-hybridized carbons (Fsp3) is 0.467. The summed E-state index contributed by atoms with van der Waals surface area (Å²) in [7, 11) is 0. The van der Waals surface area contributed by atoms with E-state index in [0.29, 0.717) is 10.8 Å². The number of benzene rings is 1. The van der Waals surface area contributed by atoms with E-state index in [2.05, 4.69) is 11.8 Å². The van der Waals surface area contributed by atoms with Crippen LogP contribution in [0.25, 0.3) is 0 Å². The number of thioether (sulfide) groups is 1. The number of ether oxygens (including phenoxy) is 1. The lowest BCUT2D eigenvalue weighted by Crippen LogP contribution is -2.17. The number of aliphatic hydroxyl groups excluding tert-OH is 1. The molecule has 1 heterocycles. The minimum absolute atomic E-state index is 0.206. The Bertz CT molecular complexity index is 473. The fourth-order valence-electron chi connectivity index (χ4n) is 2.00. The van der Waals surface area contributed by atoms with Gasteiger partial charge < -0.3 is 9.84 Å². The standard InChI is InChI=1S/C15H17FO2S/c16-14-9-12(2-1-5-17)8-13(10-14)11-19-15-3-6-18-7-4-15/h8-10,15,17H,3-7,11H2. The van der Waals surface area contributed by atoms with Crippen LogP contribution in [0.3, 0.4) is 0 Å². The molecule has 19 heavy (non-hydrogen) atoms. The van der Waals surface area contributed by atoms with Crippen LogP contribution in [0, 0.1) is 17.7 Å². The number of rotatable bonds is 3. The van der Waals surface area contributed by atoms with Crippen LogP contribution >= 0.6 is 11.8 Å². The summed E-state index contributed by atoms with van der Waals surface area (Å²) in [6.07, 6.45) is 2.13. The Morgan fingerprint density at radius 2 is 2.11 bits per heavy atom. The molecule has 1 fully saturated rings. The third-order valence-corrected chi connectivity index (χ3v) is 4.37. The summed E-state index contributed by atoms with van der Waals surface area (Å²) >= 11 is 1.85. The topological polar surface area (TPSA) is 29.5 Å². The normalized spacial score (nSPS) is 15.9. The van der Waals surface area contributed by atoms with Gasteiger partial charge >= 0.3 is 0 Å². The van der Waals surface area contributed by atoms with Crippen molar-refractivity contribution in [1.82, 2.24) is 0 Å². The Labute approximate surface area is 117 Å². The molecule has 0 aliphatic carbocycles. The molecule has 0 amide bonds. The van der Waals surface area contributed by atoms with Gasteiger partial charge in [0.15, 0.2) is 0 Å². The summed E-state index contributed by atoms with van der Waals surface area (Å²) in [5.74, 6) is 5.80. The monoisotopic (exact) mass is 280 g/mol. The van der Waals surface area contributed by atoms with Crippen LogP contribution < -0.4 is 0 Å². The van der Waals surface area contributed by atoms with Crippen molar-refractivity contribution in [2.45, 2.75) is 23.8 Å². The van der Waals surface area contributed by atoms with E-state index in [9.17, 15) is 4.39 Å². The predicted octanol–water partition coefficient (Wildman–Crippen LogP) is 2.58. The third-order valence-electron chi connectivity index (χ3n) is 2.92. The van der Waals surface area contributed by atoms with Crippen molar-refractivity contribution in [2.75, 3.05) is 19.8 Å². The second kappa shape index (κ2) is 7.54. The second-order valence-electron chi connectivity index (χ2n) is 4.43. The highest BCUT2D eigenvalue weighted by molar-refractivity contribution is 7.99. The zero-order valence-electron chi connectivity index (χ0n) is 10.7. The maximum absolute atomic E-state index is 13.5. The van der Waals surface area contributed by atoms with Crippen LogP contribution in [0.15, 0.2) is 18.2 Å². The number of halogens is 1. The van der Waals surface area contributed by atoms with Gasteiger partial charge in [-0.2, -0.15) is 11.8 Å². The van der Waals surface area contributed by atoms with E-state index in [1.54, 1.807) is 6.07 Å². The van der Waals surface area contributed by atoms with E-state index in [0.717, 1.165) is 37.4 Å². The molecule has 1 aromatic rings. The van der Waals surface area contributed by atoms with Gasteiger partial charge in [-0.1, -0.05) is 11.8 Å². The summed E-state index contributed by atoms with van der Waals surface area (Å²) in [6.45, 7) is 1.45. The maximum atomic E-state index is 13.5. The molecule has 2 rings (SSSR count). The lowest BCUT2D eigenvalue weighted by molar-refractivity contribution is 0.1000. The highest BCUT2D eigenvalue weighted by atomic mass is 32.2. The van der Waals surface area contributed by atoms with Gasteiger partial charge in [-0.15, -0.1) is 0 Å². The lowest BCUT2D eigenvalue weighted by Gasteiger charge is -2.21. The number of hydrogen-bond donors (Lipinski definition) is 1. The highest BCUT2D eigenvalue weighted by Crippen LogP contribution is 2.26. The van der Waals surface area contributed by atoms with Gasteiger partial charge in [-0.25, -0.2) is 4.39 Å². The first-order valence-electron chi connectivity index (χ1n) is 6.36. The average Bonchev–Trinajstić information content (AvgIpc) is 2.43. The summed E-state index contributed by atoms with van der Waals surface area (Å²) in [4.78, 5) is 0.